The van der Waals surface area contributed by atoms with E-state index in [0.29, 0.717) is 29.9 Å². The zero-order valence-electron chi connectivity index (χ0n) is 23.1. The second-order valence-corrected chi connectivity index (χ2v) is 10.6. The number of fused-ring (bicyclic) bond motifs is 1. The van der Waals surface area contributed by atoms with E-state index in [1.165, 1.54) is 5.57 Å². The van der Waals surface area contributed by atoms with E-state index in [9.17, 15) is 14.7 Å². The molecule has 0 bridgehead atoms. The SMILES string of the molecule is C/C=C1\C(CC(=O)c2cc(OCCO)c(OC)c(C(C)(C)C)c2)C=C2C(C)=CC(C(=O)CCC)=CC21.Cl. The smallest absolute Gasteiger partial charge is 0.164 e. The van der Waals surface area contributed by atoms with Crippen LogP contribution in [-0.2, 0) is 10.2 Å². The largest absolute Gasteiger partial charge is 0.493 e. The summed E-state index contributed by atoms with van der Waals surface area (Å²) in [6, 6.07) is 3.63. The fourth-order valence-corrected chi connectivity index (χ4v) is 5.16. The summed E-state index contributed by atoms with van der Waals surface area (Å²) >= 11 is 0. The van der Waals surface area contributed by atoms with Crippen LogP contribution in [0.2, 0.25) is 0 Å². The Hall–Kier alpha value is -2.63. The molecule has 0 heterocycles. The summed E-state index contributed by atoms with van der Waals surface area (Å²) in [4.78, 5) is 26.2. The number of aliphatic hydroxyl groups excluding tert-OH is 1. The van der Waals surface area contributed by atoms with Crippen LogP contribution in [0.25, 0.3) is 0 Å². The molecule has 1 aromatic carbocycles. The lowest BCUT2D eigenvalue weighted by Crippen LogP contribution is -2.17. The predicted molar refractivity (Wildman–Crippen MR) is 151 cm³/mol. The van der Waals surface area contributed by atoms with E-state index in [2.05, 4.69) is 39.0 Å². The molecular weight excluding hydrogens is 488 g/mol. The van der Waals surface area contributed by atoms with Gasteiger partial charge in [-0.15, -0.1) is 12.4 Å². The van der Waals surface area contributed by atoms with Crippen LogP contribution in [0.5, 0.6) is 11.5 Å². The molecule has 1 N–H and O–H groups in total. The first-order valence-corrected chi connectivity index (χ1v) is 12.9. The second kappa shape index (κ2) is 12.7. The van der Waals surface area contributed by atoms with Gasteiger partial charge in [0, 0.05) is 41.4 Å². The quantitative estimate of drug-likeness (QED) is 0.269. The molecule has 0 aliphatic heterocycles. The fraction of sp³-hybridized carbons (Fsp3) is 0.484. The van der Waals surface area contributed by atoms with Gasteiger partial charge >= 0.3 is 0 Å². The molecule has 0 spiro atoms. The topological polar surface area (TPSA) is 72.8 Å². The summed E-state index contributed by atoms with van der Waals surface area (Å²) in [5.74, 6) is 1.25. The molecule has 2 aliphatic rings. The lowest BCUT2D eigenvalue weighted by molar-refractivity contribution is -0.115. The van der Waals surface area contributed by atoms with Gasteiger partial charge in [-0.1, -0.05) is 51.5 Å². The van der Waals surface area contributed by atoms with Crippen LogP contribution in [0.4, 0.5) is 0 Å². The Bertz CT molecular complexity index is 1150. The molecule has 3 rings (SSSR count). The van der Waals surface area contributed by atoms with Crippen LogP contribution in [0.15, 0.2) is 58.7 Å². The maximum Gasteiger partial charge on any atom is 0.164 e. The molecule has 0 fully saturated rings. The average Bonchev–Trinajstić information content (AvgIpc) is 3.18. The number of methoxy groups -OCH3 is 1. The van der Waals surface area contributed by atoms with E-state index in [1.54, 1.807) is 13.2 Å². The molecule has 37 heavy (non-hydrogen) atoms. The molecule has 5 nitrogen and oxygen atoms in total. The van der Waals surface area contributed by atoms with Crippen LogP contribution in [-0.4, -0.2) is 37.0 Å². The lowest BCUT2D eigenvalue weighted by Gasteiger charge is -2.25. The van der Waals surface area contributed by atoms with Gasteiger partial charge in [0.1, 0.15) is 6.61 Å². The van der Waals surface area contributed by atoms with Crippen LogP contribution in [0.1, 0.15) is 76.7 Å². The number of halogens is 1. The molecule has 0 saturated heterocycles. The molecule has 1 aromatic rings. The van der Waals surface area contributed by atoms with Gasteiger partial charge in [0.25, 0.3) is 0 Å². The number of allylic oxidation sites excluding steroid dienone is 8. The van der Waals surface area contributed by atoms with Gasteiger partial charge in [0.15, 0.2) is 23.1 Å². The van der Waals surface area contributed by atoms with Crippen LogP contribution in [0, 0.1) is 11.8 Å². The maximum absolute atomic E-state index is 13.6. The number of Topliss-reactive ketones (excluding diaryl/α,β-unsaturated/α-hetero) is 2. The second-order valence-electron chi connectivity index (χ2n) is 10.6. The number of rotatable bonds is 10. The first-order valence-electron chi connectivity index (χ1n) is 12.9. The van der Waals surface area contributed by atoms with Gasteiger partial charge in [-0.3, -0.25) is 9.59 Å². The fourth-order valence-electron chi connectivity index (χ4n) is 5.16. The van der Waals surface area contributed by atoms with Gasteiger partial charge in [-0.25, -0.2) is 0 Å². The number of hydrogen-bond acceptors (Lipinski definition) is 5. The van der Waals surface area contributed by atoms with Crippen LogP contribution in [0.3, 0.4) is 0 Å². The van der Waals surface area contributed by atoms with E-state index in [4.69, 9.17) is 9.47 Å². The number of carbonyl (C=O) groups excluding carboxylic acids is 2. The summed E-state index contributed by atoms with van der Waals surface area (Å²) in [6.07, 6.45) is 10.0. The van der Waals surface area contributed by atoms with Crippen molar-refractivity contribution in [3.63, 3.8) is 0 Å². The highest BCUT2D eigenvalue weighted by Gasteiger charge is 2.35. The molecule has 0 saturated carbocycles. The van der Waals surface area contributed by atoms with Gasteiger partial charge in [-0.2, -0.15) is 0 Å². The van der Waals surface area contributed by atoms with E-state index < -0.39 is 0 Å². The Labute approximate surface area is 227 Å². The first kappa shape index (κ1) is 30.6. The monoisotopic (exact) mass is 528 g/mol. The number of benzene rings is 1. The third-order valence-electron chi connectivity index (χ3n) is 6.95. The number of ketones is 2. The molecule has 0 aromatic heterocycles. The standard InChI is InChI=1S/C31H40O5.ClH/c1-8-10-27(33)21-13-19(3)24-14-20(23(9-2)25(24)15-21)17-28(34)22-16-26(31(4,5)6)30(35-7)29(18-22)36-12-11-32;/h9,13-16,18,20,25,32H,8,10-12,17H2,1-7H3;1H/b23-9+;. The van der Waals surface area contributed by atoms with Gasteiger partial charge in [-0.05, 0) is 55.0 Å². The summed E-state index contributed by atoms with van der Waals surface area (Å²) in [6.45, 7) is 12.3. The highest BCUT2D eigenvalue weighted by molar-refractivity contribution is 5.99. The Kier molecular flexibility index (Phi) is 10.5. The number of ether oxygens (including phenoxy) is 2. The van der Waals surface area contributed by atoms with Crippen LogP contribution < -0.4 is 9.47 Å². The van der Waals surface area contributed by atoms with E-state index in [-0.39, 0.29) is 54.4 Å². The number of aliphatic hydroxyl groups is 1. The third kappa shape index (κ3) is 6.63. The van der Waals surface area contributed by atoms with Crippen molar-refractivity contribution in [3.8, 4) is 11.5 Å². The molecule has 2 aliphatic carbocycles. The van der Waals surface area contributed by atoms with Crippen molar-refractivity contribution >= 4 is 24.0 Å². The molecular formula is C31H41ClO5. The Balaban J connectivity index is 0.00000481. The highest BCUT2D eigenvalue weighted by atomic mass is 35.5. The third-order valence-corrected chi connectivity index (χ3v) is 6.95. The Morgan fingerprint density at radius 1 is 1.14 bits per heavy atom. The lowest BCUT2D eigenvalue weighted by atomic mass is 9.81. The van der Waals surface area contributed by atoms with Gasteiger partial charge < -0.3 is 14.6 Å². The summed E-state index contributed by atoms with van der Waals surface area (Å²) in [5, 5.41) is 9.27. The molecule has 2 atom stereocenters. The molecule has 6 heteroatoms. The van der Waals surface area contributed by atoms with Crippen molar-refractivity contribution in [1.29, 1.82) is 0 Å². The highest BCUT2D eigenvalue weighted by Crippen LogP contribution is 2.46. The van der Waals surface area contributed by atoms with E-state index >= 15 is 0 Å². The summed E-state index contributed by atoms with van der Waals surface area (Å²) in [7, 11) is 1.59. The minimum absolute atomic E-state index is 0. The normalized spacial score (nSPS) is 19.9. The van der Waals surface area contributed by atoms with Crippen molar-refractivity contribution in [2.45, 2.75) is 66.2 Å². The Morgan fingerprint density at radius 3 is 2.41 bits per heavy atom. The zero-order chi connectivity index (χ0) is 26.6. The van der Waals surface area contributed by atoms with Crippen molar-refractivity contribution < 1.29 is 24.2 Å². The number of hydrogen-bond donors (Lipinski definition) is 1. The van der Waals surface area contributed by atoms with E-state index in [1.807, 2.05) is 32.9 Å². The minimum Gasteiger partial charge on any atom is -0.493 e. The van der Waals surface area contributed by atoms with Gasteiger partial charge in [0.2, 0.25) is 0 Å². The van der Waals surface area contributed by atoms with E-state index in [0.717, 1.165) is 28.7 Å². The maximum atomic E-state index is 13.6. The van der Waals surface area contributed by atoms with Crippen molar-refractivity contribution in [2.75, 3.05) is 20.3 Å². The summed E-state index contributed by atoms with van der Waals surface area (Å²) < 4.78 is 11.4. The minimum atomic E-state index is -0.272. The van der Waals surface area contributed by atoms with Crippen molar-refractivity contribution in [2.24, 2.45) is 11.8 Å². The average molecular weight is 529 g/mol. The summed E-state index contributed by atoms with van der Waals surface area (Å²) in [5.41, 5.74) is 5.40. The predicted octanol–water partition coefficient (Wildman–Crippen LogP) is 6.73. The molecule has 0 amide bonds. The van der Waals surface area contributed by atoms with Crippen molar-refractivity contribution in [3.05, 3.63) is 69.9 Å². The number of carbonyl (C=O) groups is 2. The van der Waals surface area contributed by atoms with Gasteiger partial charge in [0.05, 0.1) is 13.7 Å². The van der Waals surface area contributed by atoms with Crippen molar-refractivity contribution in [1.82, 2.24) is 0 Å². The molecule has 2 unspecified atom stereocenters. The Morgan fingerprint density at radius 2 is 1.84 bits per heavy atom. The zero-order valence-corrected chi connectivity index (χ0v) is 24.0. The first-order chi connectivity index (χ1) is 17.0. The molecule has 202 valence electrons. The van der Waals surface area contributed by atoms with Crippen LogP contribution >= 0.6 is 12.4 Å². The molecule has 0 radical (unpaired) electrons.